The van der Waals surface area contributed by atoms with Crippen LogP contribution in [0.25, 0.3) is 55.3 Å². The van der Waals surface area contributed by atoms with Crippen molar-refractivity contribution in [2.24, 2.45) is 0 Å². The highest BCUT2D eigenvalue weighted by Gasteiger charge is 2.20. The van der Waals surface area contributed by atoms with Gasteiger partial charge in [0.25, 0.3) is 0 Å². The van der Waals surface area contributed by atoms with Crippen LogP contribution in [0.3, 0.4) is 0 Å². The summed E-state index contributed by atoms with van der Waals surface area (Å²) in [6, 6.07) is 43.3. The van der Waals surface area contributed by atoms with Gasteiger partial charge < -0.3 is 0 Å². The molecule has 0 aliphatic heterocycles. The maximum absolute atomic E-state index is 7.46. The number of nitrogens with zero attached hydrogens (tertiary/aromatic N) is 4. The van der Waals surface area contributed by atoms with Crippen LogP contribution in [0.4, 0.5) is 5.69 Å². The van der Waals surface area contributed by atoms with E-state index in [0.29, 0.717) is 11.5 Å². The smallest absolute Gasteiger partial charge is 0.187 e. The monoisotopic (exact) mass is 474 g/mol. The molecule has 0 N–H and O–H groups in total. The first-order valence-electron chi connectivity index (χ1n) is 12.0. The maximum atomic E-state index is 7.46. The standard InChI is InChI=1S/C33H22N4/c1-34-29-19-11-18-27(20-29)33-36-35-23-37(33)32-30(25-14-7-3-8-15-25)21-28(24-12-5-2-6-13-24)22-31(32)26-16-9-4-10-17-26/h2-23H. The molecule has 0 amide bonds. The van der Waals surface area contributed by atoms with Gasteiger partial charge in [-0.05, 0) is 40.5 Å². The summed E-state index contributed by atoms with van der Waals surface area (Å²) in [5.41, 5.74) is 9.03. The van der Waals surface area contributed by atoms with Crippen molar-refractivity contribution in [3.8, 4) is 50.5 Å². The zero-order valence-electron chi connectivity index (χ0n) is 20.0. The number of aromatic nitrogens is 3. The van der Waals surface area contributed by atoms with Crippen LogP contribution in [0.15, 0.2) is 134 Å². The first-order chi connectivity index (χ1) is 18.3. The van der Waals surface area contributed by atoms with E-state index < -0.39 is 0 Å². The number of benzene rings is 5. The fraction of sp³-hybridized carbons (Fsp3) is 0. The Bertz CT molecular complexity index is 1650. The second-order valence-corrected chi connectivity index (χ2v) is 8.70. The van der Waals surface area contributed by atoms with E-state index in [0.717, 1.165) is 44.6 Å². The van der Waals surface area contributed by atoms with Gasteiger partial charge in [0.2, 0.25) is 0 Å². The molecule has 0 radical (unpaired) electrons. The Morgan fingerprint density at radius 2 is 1.08 bits per heavy atom. The van der Waals surface area contributed by atoms with Gasteiger partial charge in [0.05, 0.1) is 12.3 Å². The predicted molar refractivity (Wildman–Crippen MR) is 149 cm³/mol. The Morgan fingerprint density at radius 3 is 1.65 bits per heavy atom. The van der Waals surface area contributed by atoms with Crippen molar-refractivity contribution in [2.45, 2.75) is 0 Å². The highest BCUT2D eigenvalue weighted by molar-refractivity contribution is 5.91. The van der Waals surface area contributed by atoms with Gasteiger partial charge in [0, 0.05) is 16.7 Å². The predicted octanol–water partition coefficient (Wildman–Crippen LogP) is 8.49. The van der Waals surface area contributed by atoms with Gasteiger partial charge in [-0.2, -0.15) is 0 Å². The second-order valence-electron chi connectivity index (χ2n) is 8.70. The highest BCUT2D eigenvalue weighted by Crippen LogP contribution is 2.41. The minimum absolute atomic E-state index is 0.568. The van der Waals surface area contributed by atoms with Gasteiger partial charge in [-0.15, -0.1) is 10.2 Å². The van der Waals surface area contributed by atoms with Crippen LogP contribution in [0.2, 0.25) is 0 Å². The molecule has 0 spiro atoms. The van der Waals surface area contributed by atoms with E-state index in [-0.39, 0.29) is 0 Å². The quantitative estimate of drug-likeness (QED) is 0.235. The number of hydrogen-bond donors (Lipinski definition) is 0. The van der Waals surface area contributed by atoms with Crippen LogP contribution in [-0.2, 0) is 0 Å². The molecule has 0 aliphatic rings. The van der Waals surface area contributed by atoms with Crippen molar-refractivity contribution in [1.29, 1.82) is 0 Å². The Balaban J connectivity index is 1.70. The number of rotatable bonds is 5. The van der Waals surface area contributed by atoms with E-state index in [1.165, 1.54) is 0 Å². The Hall–Kier alpha value is -5.27. The molecule has 5 aromatic carbocycles. The van der Waals surface area contributed by atoms with Gasteiger partial charge in [0.15, 0.2) is 11.5 Å². The average molecular weight is 475 g/mol. The first kappa shape index (κ1) is 22.2. The summed E-state index contributed by atoms with van der Waals surface area (Å²) in [6.07, 6.45) is 1.76. The van der Waals surface area contributed by atoms with Crippen LogP contribution in [0.5, 0.6) is 0 Å². The third-order valence-corrected chi connectivity index (χ3v) is 6.41. The lowest BCUT2D eigenvalue weighted by Crippen LogP contribution is -2.03. The summed E-state index contributed by atoms with van der Waals surface area (Å²) in [6.45, 7) is 7.46. The lowest BCUT2D eigenvalue weighted by molar-refractivity contribution is 1.07. The maximum Gasteiger partial charge on any atom is 0.187 e. The van der Waals surface area contributed by atoms with E-state index in [9.17, 15) is 0 Å². The van der Waals surface area contributed by atoms with Gasteiger partial charge in [-0.3, -0.25) is 4.57 Å². The zero-order valence-corrected chi connectivity index (χ0v) is 20.0. The molecule has 37 heavy (non-hydrogen) atoms. The lowest BCUT2D eigenvalue weighted by atomic mass is 9.90. The minimum atomic E-state index is 0.568. The van der Waals surface area contributed by atoms with E-state index >= 15 is 0 Å². The fourth-order valence-electron chi connectivity index (χ4n) is 4.68. The molecule has 6 rings (SSSR count). The Morgan fingerprint density at radius 1 is 0.541 bits per heavy atom. The van der Waals surface area contributed by atoms with E-state index in [1.54, 1.807) is 12.4 Å². The molecule has 6 aromatic rings. The van der Waals surface area contributed by atoms with Crippen molar-refractivity contribution in [3.05, 3.63) is 145 Å². The molecule has 0 bridgehead atoms. The van der Waals surface area contributed by atoms with Crippen molar-refractivity contribution in [2.75, 3.05) is 0 Å². The van der Waals surface area contributed by atoms with Gasteiger partial charge in [-0.25, -0.2) is 4.85 Å². The largest absolute Gasteiger partial charge is 0.280 e. The fourth-order valence-corrected chi connectivity index (χ4v) is 4.68. The molecule has 0 saturated heterocycles. The Labute approximate surface area is 216 Å². The molecule has 1 aromatic heterocycles. The van der Waals surface area contributed by atoms with Crippen molar-refractivity contribution in [3.63, 3.8) is 0 Å². The molecule has 0 atom stereocenters. The summed E-state index contributed by atoms with van der Waals surface area (Å²) < 4.78 is 2.04. The summed E-state index contributed by atoms with van der Waals surface area (Å²) in [4.78, 5) is 3.61. The van der Waals surface area contributed by atoms with Crippen LogP contribution in [0, 0.1) is 6.57 Å². The molecule has 4 nitrogen and oxygen atoms in total. The van der Waals surface area contributed by atoms with Crippen LogP contribution in [-0.4, -0.2) is 14.8 Å². The number of hydrogen-bond acceptors (Lipinski definition) is 2. The van der Waals surface area contributed by atoms with Crippen LogP contribution in [0.1, 0.15) is 0 Å². The molecule has 4 heteroatoms. The third-order valence-electron chi connectivity index (χ3n) is 6.41. The van der Waals surface area contributed by atoms with E-state index in [1.807, 2.05) is 41.0 Å². The lowest BCUT2D eigenvalue weighted by Gasteiger charge is -2.20. The topological polar surface area (TPSA) is 35.1 Å². The van der Waals surface area contributed by atoms with E-state index in [4.69, 9.17) is 6.57 Å². The summed E-state index contributed by atoms with van der Waals surface area (Å²) >= 11 is 0. The zero-order chi connectivity index (χ0) is 25.0. The average Bonchev–Trinajstić information content (AvgIpc) is 3.47. The summed E-state index contributed by atoms with van der Waals surface area (Å²) in [7, 11) is 0. The SMILES string of the molecule is [C-]#[N+]c1cccc(-c2nncn2-c2c(-c3ccccc3)cc(-c3ccccc3)cc2-c2ccccc2)c1. The van der Waals surface area contributed by atoms with Crippen LogP contribution < -0.4 is 0 Å². The summed E-state index contributed by atoms with van der Waals surface area (Å²) in [5.74, 6) is 0.687. The molecular weight excluding hydrogens is 452 g/mol. The van der Waals surface area contributed by atoms with Crippen molar-refractivity contribution in [1.82, 2.24) is 14.8 Å². The van der Waals surface area contributed by atoms with Gasteiger partial charge in [0.1, 0.15) is 6.33 Å². The summed E-state index contributed by atoms with van der Waals surface area (Å²) in [5, 5.41) is 8.81. The van der Waals surface area contributed by atoms with Crippen molar-refractivity contribution >= 4 is 5.69 Å². The molecule has 0 aliphatic carbocycles. The molecule has 0 saturated carbocycles. The second kappa shape index (κ2) is 9.77. The van der Waals surface area contributed by atoms with Crippen molar-refractivity contribution < 1.29 is 0 Å². The molecule has 1 heterocycles. The minimum Gasteiger partial charge on any atom is -0.280 e. The molecule has 174 valence electrons. The van der Waals surface area contributed by atoms with Crippen LogP contribution >= 0.6 is 0 Å². The van der Waals surface area contributed by atoms with E-state index in [2.05, 4.69) is 100.0 Å². The molecule has 0 unspecified atom stereocenters. The van der Waals surface area contributed by atoms with Gasteiger partial charge >= 0.3 is 0 Å². The Kier molecular flexibility index (Phi) is 5.86. The molecule has 0 fully saturated rings. The first-order valence-corrected chi connectivity index (χ1v) is 12.0. The van der Waals surface area contributed by atoms with Gasteiger partial charge in [-0.1, -0.05) is 109 Å². The normalized spacial score (nSPS) is 10.7. The molecular formula is C33H22N4. The third kappa shape index (κ3) is 4.31. The highest BCUT2D eigenvalue weighted by atomic mass is 15.3.